The van der Waals surface area contributed by atoms with Gasteiger partial charge in [-0.3, -0.25) is 4.79 Å². The number of carbonyl (C=O) groups is 1. The highest BCUT2D eigenvalue weighted by atomic mass is 35.5. The van der Waals surface area contributed by atoms with Crippen molar-refractivity contribution in [3.63, 3.8) is 0 Å². The lowest BCUT2D eigenvalue weighted by Gasteiger charge is -2.41. The van der Waals surface area contributed by atoms with E-state index < -0.39 is 0 Å². The lowest BCUT2D eigenvalue weighted by molar-refractivity contribution is -0.115. The molecule has 0 atom stereocenters. The highest BCUT2D eigenvalue weighted by Crippen LogP contribution is 2.40. The van der Waals surface area contributed by atoms with Crippen LogP contribution in [-0.4, -0.2) is 23.7 Å². The number of allylic oxidation sites excluding steroid dienone is 1. The maximum Gasteiger partial charge on any atom is 0.264 e. The number of aryl methyl sites for hydroxylation is 1. The zero-order valence-corrected chi connectivity index (χ0v) is 19.3. The summed E-state index contributed by atoms with van der Waals surface area (Å²) in [5.41, 5.74) is 6.56. The molecule has 0 bridgehead atoms. The summed E-state index contributed by atoms with van der Waals surface area (Å²) in [5, 5.41) is 4.08. The molecule has 1 amide bonds. The van der Waals surface area contributed by atoms with Gasteiger partial charge in [0.15, 0.2) is 5.17 Å². The minimum atomic E-state index is -0.129. The number of thioether (sulfide) groups is 1. The Morgan fingerprint density at radius 2 is 1.87 bits per heavy atom. The van der Waals surface area contributed by atoms with E-state index in [1.54, 1.807) is 12.1 Å². The molecular formula is C24H24ClN3OS. The number of fused-ring (bicyclic) bond motifs is 1. The third kappa shape index (κ3) is 3.92. The molecule has 1 saturated heterocycles. The summed E-state index contributed by atoms with van der Waals surface area (Å²) >= 11 is 7.28. The summed E-state index contributed by atoms with van der Waals surface area (Å²) in [7, 11) is 2.12. The van der Waals surface area contributed by atoms with Crippen LogP contribution < -0.4 is 10.2 Å². The van der Waals surface area contributed by atoms with E-state index >= 15 is 0 Å². The number of carbonyl (C=O) groups excluding carboxylic acids is 1. The number of amidine groups is 1. The molecule has 2 aliphatic heterocycles. The number of hydrogen-bond donors (Lipinski definition) is 1. The van der Waals surface area contributed by atoms with E-state index in [2.05, 4.69) is 68.2 Å². The second kappa shape index (κ2) is 7.64. The first-order chi connectivity index (χ1) is 14.1. The van der Waals surface area contributed by atoms with E-state index in [1.165, 1.54) is 28.6 Å². The molecule has 2 heterocycles. The first-order valence-electron chi connectivity index (χ1n) is 9.77. The Balaban J connectivity index is 1.66. The van der Waals surface area contributed by atoms with Gasteiger partial charge in [0.05, 0.1) is 16.1 Å². The predicted octanol–water partition coefficient (Wildman–Crippen LogP) is 6.17. The van der Waals surface area contributed by atoms with Gasteiger partial charge in [-0.15, -0.1) is 0 Å². The molecule has 0 saturated carbocycles. The normalized spacial score (nSPS) is 20.4. The molecule has 0 unspecified atom stereocenters. The molecule has 154 valence electrons. The molecule has 1 fully saturated rings. The number of rotatable bonds is 2. The van der Waals surface area contributed by atoms with Gasteiger partial charge in [0.1, 0.15) is 0 Å². The van der Waals surface area contributed by atoms with Crippen molar-refractivity contribution in [1.82, 2.24) is 5.32 Å². The standard InChI is InChI=1S/C24H24ClN3OS/c1-14-10-20-19(15(2)13-24(3,4)28(20)5)11-16(14)12-21-22(29)27-23(30-21)26-18-8-6-17(25)7-9-18/h6-13H,1-5H3,(H,26,27,29)/b21-12+. The number of hydrogen-bond acceptors (Lipinski definition) is 4. The molecule has 6 heteroatoms. The van der Waals surface area contributed by atoms with E-state index in [0.29, 0.717) is 15.1 Å². The molecule has 0 radical (unpaired) electrons. The Bertz CT molecular complexity index is 1130. The average molecular weight is 438 g/mol. The zero-order chi connectivity index (χ0) is 21.6. The van der Waals surface area contributed by atoms with Crippen LogP contribution in [0.1, 0.15) is 37.5 Å². The van der Waals surface area contributed by atoms with Crippen LogP contribution in [0.15, 0.2) is 52.4 Å². The van der Waals surface area contributed by atoms with Gasteiger partial charge in [-0.1, -0.05) is 17.7 Å². The molecular weight excluding hydrogens is 414 g/mol. The topological polar surface area (TPSA) is 44.7 Å². The molecule has 2 aliphatic rings. The first kappa shape index (κ1) is 20.8. The number of likely N-dealkylation sites (N-methyl/N-ethyl adjacent to an activating group) is 1. The first-order valence-corrected chi connectivity index (χ1v) is 11.0. The smallest absolute Gasteiger partial charge is 0.264 e. The van der Waals surface area contributed by atoms with Crippen molar-refractivity contribution in [2.24, 2.45) is 4.99 Å². The third-order valence-corrected chi connectivity index (χ3v) is 6.76. The molecule has 0 spiro atoms. The Hall–Kier alpha value is -2.50. The molecule has 0 aliphatic carbocycles. The lowest BCUT2D eigenvalue weighted by atomic mass is 9.87. The van der Waals surface area contributed by atoms with Gasteiger partial charge in [-0.2, -0.15) is 0 Å². The van der Waals surface area contributed by atoms with Gasteiger partial charge < -0.3 is 10.2 Å². The molecule has 4 nitrogen and oxygen atoms in total. The van der Waals surface area contributed by atoms with Crippen LogP contribution in [0.3, 0.4) is 0 Å². The van der Waals surface area contributed by atoms with Crippen LogP contribution in [0, 0.1) is 6.92 Å². The molecule has 1 N–H and O–H groups in total. The van der Waals surface area contributed by atoms with Crippen molar-refractivity contribution in [3.05, 3.63) is 69.1 Å². The third-order valence-electron chi connectivity index (χ3n) is 5.60. The van der Waals surface area contributed by atoms with Crippen molar-refractivity contribution >= 4 is 57.5 Å². The highest BCUT2D eigenvalue weighted by molar-refractivity contribution is 8.18. The summed E-state index contributed by atoms with van der Waals surface area (Å²) in [6.45, 7) is 8.66. The maximum absolute atomic E-state index is 12.5. The van der Waals surface area contributed by atoms with E-state index in [4.69, 9.17) is 11.6 Å². The highest BCUT2D eigenvalue weighted by Gasteiger charge is 2.29. The number of amides is 1. The lowest BCUT2D eigenvalue weighted by Crippen LogP contribution is -2.42. The molecule has 2 aromatic carbocycles. The largest absolute Gasteiger partial charge is 0.365 e. The van der Waals surface area contributed by atoms with Crippen LogP contribution in [0.4, 0.5) is 11.4 Å². The van der Waals surface area contributed by atoms with Gasteiger partial charge >= 0.3 is 0 Å². The van der Waals surface area contributed by atoms with E-state index in [1.807, 2.05) is 18.2 Å². The van der Waals surface area contributed by atoms with Crippen LogP contribution in [0.5, 0.6) is 0 Å². The number of aliphatic imine (C=N–C) groups is 1. The van der Waals surface area contributed by atoms with Gasteiger partial charge in [-0.25, -0.2) is 4.99 Å². The summed E-state index contributed by atoms with van der Waals surface area (Å²) in [6, 6.07) is 11.6. The molecule has 30 heavy (non-hydrogen) atoms. The van der Waals surface area contributed by atoms with E-state index in [-0.39, 0.29) is 11.4 Å². The van der Waals surface area contributed by atoms with Gasteiger partial charge in [0.2, 0.25) is 0 Å². The minimum Gasteiger partial charge on any atom is -0.365 e. The Kier molecular flexibility index (Phi) is 5.28. The van der Waals surface area contributed by atoms with Crippen molar-refractivity contribution in [1.29, 1.82) is 0 Å². The van der Waals surface area contributed by atoms with Gasteiger partial charge in [0.25, 0.3) is 5.91 Å². The number of nitrogens with one attached hydrogen (secondary N) is 1. The molecule has 2 aromatic rings. The average Bonchev–Trinajstić information content (AvgIpc) is 3.01. The van der Waals surface area contributed by atoms with Crippen LogP contribution in [0.25, 0.3) is 11.6 Å². The fraction of sp³-hybridized carbons (Fsp3) is 0.250. The quantitative estimate of drug-likeness (QED) is 0.571. The van der Waals surface area contributed by atoms with Crippen molar-refractivity contribution < 1.29 is 4.79 Å². The van der Waals surface area contributed by atoms with Crippen molar-refractivity contribution in [2.75, 3.05) is 11.9 Å². The number of benzene rings is 2. The van der Waals surface area contributed by atoms with Gasteiger partial charge in [0, 0.05) is 23.3 Å². The van der Waals surface area contributed by atoms with Crippen molar-refractivity contribution in [2.45, 2.75) is 33.2 Å². The fourth-order valence-electron chi connectivity index (χ4n) is 3.73. The SMILES string of the molecule is CC1=CC(C)(C)N(C)c2cc(C)c(/C=C3/SC(=Nc4ccc(Cl)cc4)NC3=O)cc21. The summed E-state index contributed by atoms with van der Waals surface area (Å²) in [5.74, 6) is -0.129. The van der Waals surface area contributed by atoms with Crippen LogP contribution in [0.2, 0.25) is 5.02 Å². The van der Waals surface area contributed by atoms with Crippen LogP contribution in [-0.2, 0) is 4.79 Å². The maximum atomic E-state index is 12.5. The number of anilines is 1. The van der Waals surface area contributed by atoms with Crippen molar-refractivity contribution in [3.8, 4) is 0 Å². The predicted molar refractivity (Wildman–Crippen MR) is 130 cm³/mol. The second-order valence-corrected chi connectivity index (χ2v) is 9.69. The fourth-order valence-corrected chi connectivity index (χ4v) is 4.69. The Morgan fingerprint density at radius 1 is 1.17 bits per heavy atom. The number of nitrogens with zero attached hydrogens (tertiary/aromatic N) is 2. The monoisotopic (exact) mass is 437 g/mol. The minimum absolute atomic E-state index is 0.0300. The molecule has 4 rings (SSSR count). The van der Waals surface area contributed by atoms with E-state index in [9.17, 15) is 4.79 Å². The van der Waals surface area contributed by atoms with E-state index in [0.717, 1.165) is 16.8 Å². The molecule has 0 aromatic heterocycles. The number of halogens is 1. The van der Waals surface area contributed by atoms with Crippen LogP contribution >= 0.6 is 23.4 Å². The Labute approximate surface area is 186 Å². The second-order valence-electron chi connectivity index (χ2n) is 8.22. The summed E-state index contributed by atoms with van der Waals surface area (Å²) in [6.07, 6.45) is 4.24. The summed E-state index contributed by atoms with van der Waals surface area (Å²) < 4.78 is 0. The van der Waals surface area contributed by atoms with Gasteiger partial charge in [-0.05, 0) is 98.6 Å². The Morgan fingerprint density at radius 3 is 2.57 bits per heavy atom. The summed E-state index contributed by atoms with van der Waals surface area (Å²) in [4.78, 5) is 20.0. The zero-order valence-electron chi connectivity index (χ0n) is 17.7.